The molecule has 0 aromatic heterocycles. The third-order valence-corrected chi connectivity index (χ3v) is 3.07. The molecule has 1 N–H and O–H groups in total. The van der Waals surface area contributed by atoms with Crippen LogP contribution in [0.25, 0.3) is 0 Å². The van der Waals surface area contributed by atoms with E-state index < -0.39 is 10.0 Å². The quantitative estimate of drug-likeness (QED) is 0.776. The monoisotopic (exact) mass is 245 g/mol. The summed E-state index contributed by atoms with van der Waals surface area (Å²) in [5.74, 6) is 0. The Bertz CT molecular complexity index is 363. The fourth-order valence-electron chi connectivity index (χ4n) is 0.732. The van der Waals surface area contributed by atoms with E-state index in [0.717, 1.165) is 0 Å². The molecule has 1 aromatic carbocycles. The summed E-state index contributed by atoms with van der Waals surface area (Å²) in [5.41, 5.74) is 0. The first-order valence-corrected chi connectivity index (χ1v) is 5.11. The molecule has 0 amide bonds. The predicted molar refractivity (Wildman–Crippen MR) is 54.8 cm³/mol. The SMILES string of the molecule is CNS(=O)(=O)c1ccc(Cl)cc1.[KH]. The van der Waals surface area contributed by atoms with Gasteiger partial charge < -0.3 is 0 Å². The molecule has 3 nitrogen and oxygen atoms in total. The number of sulfonamides is 1. The van der Waals surface area contributed by atoms with E-state index in [-0.39, 0.29) is 56.3 Å². The molecule has 0 saturated carbocycles. The average Bonchev–Trinajstić information content (AvgIpc) is 2.05. The van der Waals surface area contributed by atoms with Crippen molar-refractivity contribution in [3.8, 4) is 0 Å². The van der Waals surface area contributed by atoms with Gasteiger partial charge in [-0.05, 0) is 31.3 Å². The molecule has 0 aliphatic carbocycles. The second-order valence-corrected chi connectivity index (χ2v) is 4.48. The van der Waals surface area contributed by atoms with Crippen LogP contribution in [0.1, 0.15) is 0 Å². The fraction of sp³-hybridized carbons (Fsp3) is 0.143. The number of benzene rings is 1. The Morgan fingerprint density at radius 1 is 1.23 bits per heavy atom. The van der Waals surface area contributed by atoms with Crippen molar-refractivity contribution in [2.24, 2.45) is 0 Å². The summed E-state index contributed by atoms with van der Waals surface area (Å²) >= 11 is 5.59. The summed E-state index contributed by atoms with van der Waals surface area (Å²) in [6.45, 7) is 0. The zero-order valence-electron chi connectivity index (χ0n) is 6.41. The van der Waals surface area contributed by atoms with Crippen LogP contribution in [0.2, 0.25) is 5.02 Å². The Balaban J connectivity index is 0.00000144. The van der Waals surface area contributed by atoms with Gasteiger partial charge in [0.25, 0.3) is 0 Å². The molecular weight excluding hydrogens is 237 g/mol. The van der Waals surface area contributed by atoms with Gasteiger partial charge in [0, 0.05) is 5.02 Å². The molecular formula is C7H9ClKNO2S. The Labute approximate surface area is 125 Å². The van der Waals surface area contributed by atoms with Crippen LogP contribution in [0.15, 0.2) is 29.2 Å². The Morgan fingerprint density at radius 3 is 2.08 bits per heavy atom. The molecule has 1 aromatic rings. The molecule has 0 heterocycles. The molecule has 13 heavy (non-hydrogen) atoms. The molecule has 0 spiro atoms. The van der Waals surface area contributed by atoms with Crippen LogP contribution in [0.5, 0.6) is 0 Å². The van der Waals surface area contributed by atoms with Crippen LogP contribution in [0, 0.1) is 0 Å². The topological polar surface area (TPSA) is 46.2 Å². The summed E-state index contributed by atoms with van der Waals surface area (Å²) < 4.78 is 24.5. The van der Waals surface area contributed by atoms with Crippen molar-refractivity contribution >= 4 is 73.0 Å². The van der Waals surface area contributed by atoms with Crippen LogP contribution in [0.4, 0.5) is 0 Å². The Kier molecular flexibility index (Phi) is 6.29. The molecule has 0 bridgehead atoms. The molecule has 0 radical (unpaired) electrons. The van der Waals surface area contributed by atoms with E-state index in [9.17, 15) is 8.42 Å². The fourth-order valence-corrected chi connectivity index (χ4v) is 1.59. The zero-order chi connectivity index (χ0) is 9.19. The standard InChI is InChI=1S/C7H8ClNO2S.K.H/c1-9-12(10,11)7-4-2-6(8)3-5-7;;/h2-5,9H,1H3;;. The molecule has 0 atom stereocenters. The van der Waals surface area contributed by atoms with Crippen molar-refractivity contribution in [2.75, 3.05) is 7.05 Å². The third-order valence-electron chi connectivity index (χ3n) is 1.39. The maximum atomic E-state index is 11.2. The first-order valence-electron chi connectivity index (χ1n) is 3.25. The zero-order valence-corrected chi connectivity index (χ0v) is 7.98. The number of rotatable bonds is 2. The minimum atomic E-state index is -3.32. The van der Waals surface area contributed by atoms with Crippen molar-refractivity contribution in [1.29, 1.82) is 0 Å². The van der Waals surface area contributed by atoms with Crippen LogP contribution < -0.4 is 4.72 Å². The van der Waals surface area contributed by atoms with E-state index in [1.807, 2.05) is 0 Å². The second-order valence-electron chi connectivity index (χ2n) is 2.16. The number of hydrogen-bond donors (Lipinski definition) is 1. The predicted octanol–water partition coefficient (Wildman–Crippen LogP) is 0.600. The summed E-state index contributed by atoms with van der Waals surface area (Å²) in [7, 11) is -1.96. The molecule has 0 aliphatic heterocycles. The Morgan fingerprint density at radius 2 is 1.69 bits per heavy atom. The van der Waals surface area contributed by atoms with Gasteiger partial charge in [0.1, 0.15) is 0 Å². The molecule has 0 fully saturated rings. The maximum absolute atomic E-state index is 11.2. The van der Waals surface area contributed by atoms with E-state index in [0.29, 0.717) is 5.02 Å². The van der Waals surface area contributed by atoms with Gasteiger partial charge in [0.2, 0.25) is 10.0 Å². The van der Waals surface area contributed by atoms with E-state index in [1.165, 1.54) is 31.3 Å². The summed E-state index contributed by atoms with van der Waals surface area (Å²) in [5, 5.41) is 0.519. The van der Waals surface area contributed by atoms with Gasteiger partial charge >= 0.3 is 51.4 Å². The molecule has 0 unspecified atom stereocenters. The van der Waals surface area contributed by atoms with Crippen molar-refractivity contribution in [3.05, 3.63) is 29.3 Å². The van der Waals surface area contributed by atoms with Gasteiger partial charge in [-0.1, -0.05) is 11.6 Å². The summed E-state index contributed by atoms with van der Waals surface area (Å²) in [6, 6.07) is 5.97. The minimum absolute atomic E-state index is 0. The van der Waals surface area contributed by atoms with Crippen molar-refractivity contribution in [1.82, 2.24) is 4.72 Å². The summed E-state index contributed by atoms with van der Waals surface area (Å²) in [4.78, 5) is 0.217. The van der Waals surface area contributed by atoms with E-state index in [2.05, 4.69) is 4.72 Å². The van der Waals surface area contributed by atoms with E-state index in [4.69, 9.17) is 11.6 Å². The molecule has 0 saturated heterocycles. The average molecular weight is 246 g/mol. The van der Waals surface area contributed by atoms with Gasteiger partial charge in [-0.3, -0.25) is 0 Å². The van der Waals surface area contributed by atoms with Crippen LogP contribution >= 0.6 is 11.6 Å². The summed E-state index contributed by atoms with van der Waals surface area (Å²) in [6.07, 6.45) is 0. The number of halogens is 1. The van der Waals surface area contributed by atoms with Crippen LogP contribution in [-0.2, 0) is 10.0 Å². The molecule has 1 rings (SSSR count). The second kappa shape index (κ2) is 5.82. The Hall–Kier alpha value is 1.06. The van der Waals surface area contributed by atoms with E-state index >= 15 is 0 Å². The number of hydrogen-bond acceptors (Lipinski definition) is 2. The number of nitrogens with one attached hydrogen (secondary N) is 1. The first kappa shape index (κ1) is 14.1. The van der Waals surface area contributed by atoms with Crippen molar-refractivity contribution < 1.29 is 8.42 Å². The van der Waals surface area contributed by atoms with Gasteiger partial charge in [-0.25, -0.2) is 13.1 Å². The van der Waals surface area contributed by atoms with Crippen molar-refractivity contribution in [3.63, 3.8) is 0 Å². The normalized spacial score (nSPS) is 10.6. The molecule has 6 heteroatoms. The molecule has 0 aliphatic rings. The van der Waals surface area contributed by atoms with Crippen LogP contribution in [0.3, 0.4) is 0 Å². The van der Waals surface area contributed by atoms with E-state index in [1.54, 1.807) is 0 Å². The van der Waals surface area contributed by atoms with Gasteiger partial charge in [-0.2, -0.15) is 0 Å². The van der Waals surface area contributed by atoms with Crippen LogP contribution in [-0.4, -0.2) is 66.9 Å². The third kappa shape index (κ3) is 3.97. The van der Waals surface area contributed by atoms with Gasteiger partial charge in [-0.15, -0.1) is 0 Å². The first-order chi connectivity index (χ1) is 5.56. The van der Waals surface area contributed by atoms with Crippen molar-refractivity contribution in [2.45, 2.75) is 4.90 Å². The van der Waals surface area contributed by atoms with Gasteiger partial charge in [0.15, 0.2) is 0 Å². The molecule has 68 valence electrons. The van der Waals surface area contributed by atoms with Gasteiger partial charge in [0.05, 0.1) is 4.90 Å².